The van der Waals surface area contributed by atoms with E-state index in [0.29, 0.717) is 42.9 Å². The molecule has 2 aromatic carbocycles. The molecule has 3 fully saturated rings. The van der Waals surface area contributed by atoms with Crippen LogP contribution in [0.1, 0.15) is 30.4 Å². The number of halogens is 2. The van der Waals surface area contributed by atoms with Crippen molar-refractivity contribution in [1.82, 2.24) is 4.90 Å². The maximum Gasteiger partial charge on any atom is 0.316 e. The first-order valence-corrected chi connectivity index (χ1v) is 13.9. The first-order chi connectivity index (χ1) is 17.2. The standard InChI is InChI=1S/C27H26Br2N2O5/c1-15-9-18(36-27(35)17-10-24(32)30(14-17)13-16-5-3-2-4-6-16)7-8-23(15)31-25(33)19-11-21(28)22(29)12-20(19)26(31)34/h2-9,17,19-22H,10-14H2,1H3/t17-,19-,20+,21+,22+/m1/s1. The van der Waals surface area contributed by atoms with Gasteiger partial charge in [0.05, 0.1) is 23.4 Å². The van der Waals surface area contributed by atoms with Crippen LogP contribution in [-0.2, 0) is 25.7 Å². The van der Waals surface area contributed by atoms with Crippen molar-refractivity contribution in [2.45, 2.75) is 42.4 Å². The predicted octanol–water partition coefficient (Wildman–Crippen LogP) is 4.38. The number of alkyl halides is 2. The third kappa shape index (κ3) is 4.75. The van der Waals surface area contributed by atoms with Crippen molar-refractivity contribution in [3.63, 3.8) is 0 Å². The highest BCUT2D eigenvalue weighted by Crippen LogP contribution is 2.45. The Balaban J connectivity index is 1.25. The number of imide groups is 1. The van der Waals surface area contributed by atoms with Crippen LogP contribution in [0, 0.1) is 24.7 Å². The molecule has 1 saturated carbocycles. The van der Waals surface area contributed by atoms with Crippen molar-refractivity contribution in [2.24, 2.45) is 17.8 Å². The summed E-state index contributed by atoms with van der Waals surface area (Å²) < 4.78 is 5.60. The summed E-state index contributed by atoms with van der Waals surface area (Å²) >= 11 is 7.22. The van der Waals surface area contributed by atoms with Crippen molar-refractivity contribution < 1.29 is 23.9 Å². The van der Waals surface area contributed by atoms with E-state index in [1.165, 1.54) is 4.90 Å². The van der Waals surface area contributed by atoms with Crippen LogP contribution in [0.3, 0.4) is 0 Å². The van der Waals surface area contributed by atoms with Crippen LogP contribution in [0.4, 0.5) is 5.69 Å². The second-order valence-corrected chi connectivity index (χ2v) is 12.1. The number of anilines is 1. The number of aryl methyl sites for hydroxylation is 1. The second-order valence-electron chi connectivity index (χ2n) is 9.76. The van der Waals surface area contributed by atoms with E-state index in [-0.39, 0.29) is 45.6 Å². The molecular formula is C27H26Br2N2O5. The Kier molecular flexibility index (Phi) is 7.05. The fourth-order valence-corrected chi connectivity index (χ4v) is 6.60. The van der Waals surface area contributed by atoms with E-state index in [4.69, 9.17) is 4.74 Å². The number of hydrogen-bond donors (Lipinski definition) is 0. The molecular weight excluding hydrogens is 592 g/mol. The van der Waals surface area contributed by atoms with E-state index in [2.05, 4.69) is 31.9 Å². The molecule has 0 bridgehead atoms. The molecule has 5 atom stereocenters. The van der Waals surface area contributed by atoms with E-state index in [9.17, 15) is 19.2 Å². The third-order valence-corrected chi connectivity index (χ3v) is 10.0. The SMILES string of the molecule is Cc1cc(OC(=O)[C@@H]2CC(=O)N(Cc3ccccc3)C2)ccc1N1C(=O)[C@H]2C[C@H](Br)[C@@H](Br)C[C@H]2C1=O. The highest BCUT2D eigenvalue weighted by molar-refractivity contribution is 9.12. The zero-order chi connectivity index (χ0) is 25.6. The largest absolute Gasteiger partial charge is 0.426 e. The molecule has 2 heterocycles. The van der Waals surface area contributed by atoms with Gasteiger partial charge < -0.3 is 9.64 Å². The zero-order valence-corrected chi connectivity index (χ0v) is 22.9. The lowest BCUT2D eigenvalue weighted by molar-refractivity contribution is -0.139. The molecule has 2 aliphatic heterocycles. The molecule has 9 heteroatoms. The molecule has 0 spiro atoms. The fourth-order valence-electron chi connectivity index (χ4n) is 5.36. The summed E-state index contributed by atoms with van der Waals surface area (Å²) in [7, 11) is 0. The molecule has 2 saturated heterocycles. The minimum atomic E-state index is -0.541. The number of fused-ring (bicyclic) bond motifs is 1. The third-order valence-electron chi connectivity index (χ3n) is 7.30. The Labute approximate surface area is 226 Å². The monoisotopic (exact) mass is 616 g/mol. The van der Waals surface area contributed by atoms with E-state index >= 15 is 0 Å². The van der Waals surface area contributed by atoms with Crippen LogP contribution in [0.5, 0.6) is 5.75 Å². The van der Waals surface area contributed by atoms with Gasteiger partial charge in [-0.2, -0.15) is 0 Å². The normalized spacial score (nSPS) is 28.0. The van der Waals surface area contributed by atoms with Gasteiger partial charge in [0.25, 0.3) is 0 Å². The minimum Gasteiger partial charge on any atom is -0.426 e. The van der Waals surface area contributed by atoms with Crippen LogP contribution < -0.4 is 9.64 Å². The molecule has 0 aromatic heterocycles. The van der Waals surface area contributed by atoms with Gasteiger partial charge in [-0.25, -0.2) is 4.90 Å². The van der Waals surface area contributed by atoms with Crippen LogP contribution in [-0.4, -0.2) is 44.8 Å². The van der Waals surface area contributed by atoms with E-state index < -0.39 is 11.9 Å². The highest BCUT2D eigenvalue weighted by Gasteiger charge is 2.52. The summed E-state index contributed by atoms with van der Waals surface area (Å²) in [6, 6.07) is 14.6. The first kappa shape index (κ1) is 25.1. The number of hydrogen-bond acceptors (Lipinski definition) is 5. The van der Waals surface area contributed by atoms with Crippen molar-refractivity contribution in [2.75, 3.05) is 11.4 Å². The van der Waals surface area contributed by atoms with Gasteiger partial charge in [-0.15, -0.1) is 0 Å². The van der Waals surface area contributed by atoms with Gasteiger partial charge in [-0.05, 0) is 49.1 Å². The van der Waals surface area contributed by atoms with E-state index in [1.807, 2.05) is 30.3 Å². The molecule has 3 amide bonds. The average molecular weight is 618 g/mol. The van der Waals surface area contributed by atoms with Gasteiger partial charge in [-0.1, -0.05) is 62.2 Å². The summed E-state index contributed by atoms with van der Waals surface area (Å²) in [5.74, 6) is -1.76. The molecule has 188 valence electrons. The van der Waals surface area contributed by atoms with Crippen molar-refractivity contribution in [3.8, 4) is 5.75 Å². The lowest BCUT2D eigenvalue weighted by Crippen LogP contribution is -2.34. The molecule has 1 aliphatic carbocycles. The van der Waals surface area contributed by atoms with E-state index in [1.54, 1.807) is 30.0 Å². The van der Waals surface area contributed by atoms with Crippen LogP contribution in [0.15, 0.2) is 48.5 Å². The van der Waals surface area contributed by atoms with E-state index in [0.717, 1.165) is 5.56 Å². The Morgan fingerprint density at radius 2 is 1.61 bits per heavy atom. The van der Waals surface area contributed by atoms with Gasteiger partial charge in [0.2, 0.25) is 17.7 Å². The number of rotatable bonds is 5. The Morgan fingerprint density at radius 1 is 0.972 bits per heavy atom. The fraction of sp³-hybridized carbons (Fsp3) is 0.407. The average Bonchev–Trinajstić information content (AvgIpc) is 3.32. The molecule has 36 heavy (non-hydrogen) atoms. The lowest BCUT2D eigenvalue weighted by Gasteiger charge is -2.29. The van der Waals surface area contributed by atoms with Crippen molar-refractivity contribution in [1.29, 1.82) is 0 Å². The summed E-state index contributed by atoms with van der Waals surface area (Å²) in [6.45, 7) is 2.56. The second kappa shape index (κ2) is 10.1. The number of ether oxygens (including phenoxy) is 1. The maximum atomic E-state index is 13.1. The number of esters is 1. The van der Waals surface area contributed by atoms with Gasteiger partial charge in [0.15, 0.2) is 0 Å². The number of benzene rings is 2. The van der Waals surface area contributed by atoms with Crippen molar-refractivity contribution >= 4 is 61.2 Å². The van der Waals surface area contributed by atoms with Crippen molar-refractivity contribution in [3.05, 3.63) is 59.7 Å². The number of carbonyl (C=O) groups excluding carboxylic acids is 4. The van der Waals surface area contributed by atoms with Crippen LogP contribution in [0.2, 0.25) is 0 Å². The lowest BCUT2D eigenvalue weighted by atomic mass is 9.81. The zero-order valence-electron chi connectivity index (χ0n) is 19.7. The Hall–Kier alpha value is -2.52. The maximum absolute atomic E-state index is 13.1. The van der Waals surface area contributed by atoms with Gasteiger partial charge in [0.1, 0.15) is 5.75 Å². The number of amides is 3. The molecule has 3 aliphatic rings. The molecule has 0 radical (unpaired) electrons. The summed E-state index contributed by atoms with van der Waals surface area (Å²) in [4.78, 5) is 54.8. The Bertz CT molecular complexity index is 1190. The van der Waals surface area contributed by atoms with Gasteiger partial charge >= 0.3 is 5.97 Å². The number of likely N-dealkylation sites (tertiary alicyclic amines) is 1. The quantitative estimate of drug-likeness (QED) is 0.215. The molecule has 0 N–H and O–H groups in total. The van der Waals surface area contributed by atoms with Crippen LogP contribution in [0.25, 0.3) is 0 Å². The Morgan fingerprint density at radius 3 is 2.22 bits per heavy atom. The summed E-state index contributed by atoms with van der Waals surface area (Å²) in [6.07, 6.45) is 1.33. The molecule has 0 unspecified atom stereocenters. The van der Waals surface area contributed by atoms with Gasteiger partial charge in [-0.3, -0.25) is 19.2 Å². The topological polar surface area (TPSA) is 84.0 Å². The first-order valence-electron chi connectivity index (χ1n) is 12.0. The highest BCUT2D eigenvalue weighted by atomic mass is 79.9. The predicted molar refractivity (Wildman–Crippen MR) is 141 cm³/mol. The summed E-state index contributed by atoms with van der Waals surface area (Å²) in [5, 5.41) is 0. The van der Waals surface area contributed by atoms with Crippen LogP contribution >= 0.6 is 31.9 Å². The van der Waals surface area contributed by atoms with Gasteiger partial charge in [0, 0.05) is 29.2 Å². The molecule has 5 rings (SSSR count). The number of carbonyl (C=O) groups is 4. The minimum absolute atomic E-state index is 0.0729. The number of nitrogens with zero attached hydrogens (tertiary/aromatic N) is 2. The summed E-state index contributed by atoms with van der Waals surface area (Å²) in [5.41, 5.74) is 2.19. The molecule has 7 nitrogen and oxygen atoms in total. The smallest absolute Gasteiger partial charge is 0.316 e. The molecule has 2 aromatic rings.